The lowest BCUT2D eigenvalue weighted by molar-refractivity contribution is 0.594. The lowest BCUT2D eigenvalue weighted by atomic mass is 10.3. The maximum Gasteiger partial charge on any atom is 0.181 e. The average Bonchev–Trinajstić information content (AvgIpc) is 2.28. The Morgan fingerprint density at radius 2 is 2.12 bits per heavy atom. The Kier molecular flexibility index (Phi) is 4.07. The first-order chi connectivity index (χ1) is 7.92. The molecule has 0 N–H and O–H groups in total. The van der Waals surface area contributed by atoms with Gasteiger partial charge in [-0.1, -0.05) is 6.92 Å². The van der Waals surface area contributed by atoms with Crippen molar-refractivity contribution in [3.63, 3.8) is 0 Å². The van der Waals surface area contributed by atoms with Crippen LogP contribution in [0.15, 0.2) is 17.2 Å². The molecule has 0 amide bonds. The lowest BCUT2D eigenvalue weighted by Gasteiger charge is -2.13. The van der Waals surface area contributed by atoms with Crippen LogP contribution in [0.1, 0.15) is 19.0 Å². The molecule has 5 nitrogen and oxygen atoms in total. The summed E-state index contributed by atoms with van der Waals surface area (Å²) in [5.41, 5.74) is 0.628. The Bertz CT molecular complexity index is 544. The summed E-state index contributed by atoms with van der Waals surface area (Å²) < 4.78 is 24.0. The third-order valence-corrected chi connectivity index (χ3v) is 4.20. The fourth-order valence-corrected chi connectivity index (χ4v) is 2.83. The van der Waals surface area contributed by atoms with Crippen molar-refractivity contribution in [1.82, 2.24) is 4.98 Å². The van der Waals surface area contributed by atoms with Crippen LogP contribution in [0.4, 0.5) is 5.69 Å². The van der Waals surface area contributed by atoms with Crippen LogP contribution in [0.3, 0.4) is 0 Å². The highest BCUT2D eigenvalue weighted by molar-refractivity contribution is 7.91. The van der Waals surface area contributed by atoms with E-state index < -0.39 is 9.84 Å². The second-order valence-electron chi connectivity index (χ2n) is 3.87. The topological polar surface area (TPSA) is 74.1 Å². The molecule has 6 heteroatoms. The number of aromatic nitrogens is 1. The molecule has 1 heterocycles. The van der Waals surface area contributed by atoms with Crippen molar-refractivity contribution in [3.05, 3.63) is 18.0 Å². The van der Waals surface area contributed by atoms with E-state index in [1.54, 1.807) is 25.9 Å². The van der Waals surface area contributed by atoms with Crippen LogP contribution in [0.25, 0.3) is 0 Å². The molecule has 0 unspecified atom stereocenters. The maximum absolute atomic E-state index is 12.0. The van der Waals surface area contributed by atoms with Crippen LogP contribution in [0.5, 0.6) is 0 Å². The van der Waals surface area contributed by atoms with Gasteiger partial charge in [0.1, 0.15) is 11.0 Å². The third kappa shape index (κ3) is 2.94. The minimum Gasteiger partial charge on any atom is -0.376 e. The average molecular weight is 253 g/mol. The van der Waals surface area contributed by atoms with Gasteiger partial charge in [0.2, 0.25) is 0 Å². The van der Waals surface area contributed by atoms with Gasteiger partial charge in [-0.05, 0) is 12.5 Å². The lowest BCUT2D eigenvalue weighted by Crippen LogP contribution is -2.13. The SMILES string of the molecule is CCCS(=O)(=O)c1cc(N(C)C)cnc1C#N. The quantitative estimate of drug-likeness (QED) is 0.806. The van der Waals surface area contributed by atoms with E-state index in [9.17, 15) is 8.42 Å². The fraction of sp³-hybridized carbons (Fsp3) is 0.455. The minimum atomic E-state index is -3.42. The molecular weight excluding hydrogens is 238 g/mol. The summed E-state index contributed by atoms with van der Waals surface area (Å²) in [6.07, 6.45) is 2.00. The first-order valence-corrected chi connectivity index (χ1v) is 6.87. The number of nitriles is 1. The van der Waals surface area contributed by atoms with E-state index in [2.05, 4.69) is 4.98 Å². The van der Waals surface area contributed by atoms with Crippen molar-refractivity contribution in [1.29, 1.82) is 5.26 Å². The van der Waals surface area contributed by atoms with Crippen LogP contribution < -0.4 is 4.90 Å². The van der Waals surface area contributed by atoms with Crippen LogP contribution in [-0.2, 0) is 9.84 Å². The molecule has 0 radical (unpaired) electrons. The predicted octanol–water partition coefficient (Wildman–Crippen LogP) is 1.20. The zero-order chi connectivity index (χ0) is 13.1. The Labute approximate surface area is 102 Å². The van der Waals surface area contributed by atoms with Crippen molar-refractivity contribution in [2.75, 3.05) is 24.7 Å². The molecule has 0 atom stereocenters. The van der Waals surface area contributed by atoms with Crippen LogP contribution in [0.2, 0.25) is 0 Å². The molecule has 0 fully saturated rings. The fourth-order valence-electron chi connectivity index (χ4n) is 1.38. The van der Waals surface area contributed by atoms with Crippen molar-refractivity contribution in [3.8, 4) is 6.07 Å². The van der Waals surface area contributed by atoms with E-state index in [1.807, 2.05) is 6.07 Å². The molecule has 17 heavy (non-hydrogen) atoms. The first-order valence-electron chi connectivity index (χ1n) is 5.22. The van der Waals surface area contributed by atoms with Crippen molar-refractivity contribution in [2.24, 2.45) is 0 Å². The molecule has 0 spiro atoms. The standard InChI is InChI=1S/C11H15N3O2S/c1-4-5-17(15,16)11-6-9(14(2)3)8-13-10(11)7-12/h6,8H,4-5H2,1-3H3. The van der Waals surface area contributed by atoms with Crippen molar-refractivity contribution >= 4 is 15.5 Å². The number of sulfone groups is 1. The first kappa shape index (κ1) is 13.5. The zero-order valence-electron chi connectivity index (χ0n) is 10.1. The van der Waals surface area contributed by atoms with Gasteiger partial charge in [0.25, 0.3) is 0 Å². The number of hydrogen-bond donors (Lipinski definition) is 0. The number of nitrogens with zero attached hydrogens (tertiary/aromatic N) is 3. The Balaban J connectivity index is 3.40. The number of rotatable bonds is 4. The van der Waals surface area contributed by atoms with E-state index in [1.165, 1.54) is 12.3 Å². The predicted molar refractivity (Wildman–Crippen MR) is 65.6 cm³/mol. The van der Waals surface area contributed by atoms with Gasteiger partial charge in [0.05, 0.1) is 17.6 Å². The molecule has 0 aliphatic carbocycles. The highest BCUT2D eigenvalue weighted by Gasteiger charge is 2.20. The molecular formula is C11H15N3O2S. The molecule has 0 saturated carbocycles. The van der Waals surface area contributed by atoms with E-state index >= 15 is 0 Å². The van der Waals surface area contributed by atoms with Gasteiger partial charge < -0.3 is 4.90 Å². The zero-order valence-corrected chi connectivity index (χ0v) is 11.0. The van der Waals surface area contributed by atoms with Gasteiger partial charge in [-0.3, -0.25) is 0 Å². The number of pyridine rings is 1. The van der Waals surface area contributed by atoms with Crippen molar-refractivity contribution in [2.45, 2.75) is 18.2 Å². The molecule has 0 aliphatic rings. The largest absolute Gasteiger partial charge is 0.376 e. The molecule has 0 saturated heterocycles. The molecule has 1 aromatic heterocycles. The van der Waals surface area contributed by atoms with E-state index in [0.717, 1.165) is 0 Å². The molecule has 0 aromatic carbocycles. The summed E-state index contributed by atoms with van der Waals surface area (Å²) in [5, 5.41) is 8.89. The Morgan fingerprint density at radius 3 is 2.59 bits per heavy atom. The van der Waals surface area contributed by atoms with Gasteiger partial charge in [-0.15, -0.1) is 0 Å². The second-order valence-corrected chi connectivity index (χ2v) is 5.94. The smallest absolute Gasteiger partial charge is 0.181 e. The molecule has 92 valence electrons. The number of anilines is 1. The second kappa shape index (κ2) is 5.15. The normalized spacial score (nSPS) is 10.9. The Hall–Kier alpha value is -1.61. The van der Waals surface area contributed by atoms with E-state index in [4.69, 9.17) is 5.26 Å². The van der Waals surface area contributed by atoms with Crippen LogP contribution in [0, 0.1) is 11.3 Å². The summed E-state index contributed by atoms with van der Waals surface area (Å²) in [7, 11) is 0.161. The van der Waals surface area contributed by atoms with Gasteiger partial charge in [0.15, 0.2) is 15.5 Å². The summed E-state index contributed by atoms with van der Waals surface area (Å²) in [5.74, 6) is 0.0280. The van der Waals surface area contributed by atoms with Gasteiger partial charge in [-0.25, -0.2) is 13.4 Å². The van der Waals surface area contributed by atoms with Crippen LogP contribution >= 0.6 is 0 Å². The summed E-state index contributed by atoms with van der Waals surface area (Å²) >= 11 is 0. The monoisotopic (exact) mass is 253 g/mol. The van der Waals surface area contributed by atoms with Crippen LogP contribution in [-0.4, -0.2) is 33.2 Å². The summed E-state index contributed by atoms with van der Waals surface area (Å²) in [4.78, 5) is 5.66. The summed E-state index contributed by atoms with van der Waals surface area (Å²) in [6, 6.07) is 3.31. The van der Waals surface area contributed by atoms with Gasteiger partial charge >= 0.3 is 0 Å². The van der Waals surface area contributed by atoms with Gasteiger partial charge in [0, 0.05) is 14.1 Å². The van der Waals surface area contributed by atoms with Crippen molar-refractivity contribution < 1.29 is 8.42 Å². The molecule has 0 aliphatic heterocycles. The molecule has 0 bridgehead atoms. The molecule has 1 rings (SSSR count). The summed E-state index contributed by atoms with van der Waals surface area (Å²) in [6.45, 7) is 1.78. The maximum atomic E-state index is 12.0. The van der Waals surface area contributed by atoms with Gasteiger partial charge in [-0.2, -0.15) is 5.26 Å². The highest BCUT2D eigenvalue weighted by atomic mass is 32.2. The highest BCUT2D eigenvalue weighted by Crippen LogP contribution is 2.21. The minimum absolute atomic E-state index is 0.0213. The third-order valence-electron chi connectivity index (χ3n) is 2.27. The Morgan fingerprint density at radius 1 is 1.47 bits per heavy atom. The molecule has 1 aromatic rings. The van der Waals surface area contributed by atoms with E-state index in [-0.39, 0.29) is 16.3 Å². The number of hydrogen-bond acceptors (Lipinski definition) is 5. The van der Waals surface area contributed by atoms with E-state index in [0.29, 0.717) is 12.1 Å².